The molecule has 0 spiro atoms. The third kappa shape index (κ3) is 9.83. The Bertz CT molecular complexity index is 5100. The van der Waals surface area contributed by atoms with Crippen molar-refractivity contribution in [3.8, 4) is 22.3 Å². The van der Waals surface area contributed by atoms with Crippen LogP contribution in [0.3, 0.4) is 0 Å². The number of rotatable bonds is 8. The summed E-state index contributed by atoms with van der Waals surface area (Å²) in [6.45, 7) is 41.9. The minimum absolute atomic E-state index is 0.00884. The van der Waals surface area contributed by atoms with E-state index in [9.17, 15) is 0 Å². The summed E-state index contributed by atoms with van der Waals surface area (Å²) < 4.78 is 5.24. The minimum Gasteiger partial charge on any atom is -0.309 e. The van der Waals surface area contributed by atoms with Crippen molar-refractivity contribution in [2.24, 2.45) is 0 Å². The van der Waals surface area contributed by atoms with E-state index in [0.717, 1.165) is 34.1 Å². The first-order valence-corrected chi connectivity index (χ1v) is 34.1. The monoisotopic (exact) mass is 1230 g/mol. The summed E-state index contributed by atoms with van der Waals surface area (Å²) in [7, 11) is 0. The Balaban J connectivity index is 1.05. The Morgan fingerprint density at radius 3 is 0.862 bits per heavy atom. The summed E-state index contributed by atoms with van der Waals surface area (Å²) in [5, 5.41) is 10.0. The second kappa shape index (κ2) is 21.1. The molecule has 0 N–H and O–H groups in total. The second-order valence-corrected chi connectivity index (χ2v) is 33.2. The molecular formula is C90H90N4. The van der Waals surface area contributed by atoms with Crippen LogP contribution in [0.1, 0.15) is 158 Å². The van der Waals surface area contributed by atoms with E-state index in [0.29, 0.717) is 0 Å². The molecule has 0 fully saturated rings. The van der Waals surface area contributed by atoms with E-state index in [1.54, 1.807) is 0 Å². The molecule has 4 heterocycles. The van der Waals surface area contributed by atoms with Crippen LogP contribution in [0.4, 0.5) is 34.1 Å². The van der Waals surface area contributed by atoms with Gasteiger partial charge in [0.1, 0.15) is 0 Å². The number of hydrogen-bond acceptors (Lipinski definition) is 2. The molecule has 15 rings (SSSR count). The highest BCUT2D eigenvalue weighted by Crippen LogP contribution is 2.54. The van der Waals surface area contributed by atoms with Crippen LogP contribution in [0.5, 0.6) is 0 Å². The van der Waals surface area contributed by atoms with Crippen molar-refractivity contribution in [3.05, 3.63) is 252 Å². The molecule has 0 aliphatic rings. The van der Waals surface area contributed by atoms with Gasteiger partial charge in [-0.25, -0.2) is 0 Å². The van der Waals surface area contributed by atoms with E-state index in [2.05, 4.69) is 362 Å². The topological polar surface area (TPSA) is 15.3 Å². The number of benzene rings is 11. The SMILES string of the molecule is CC(C)(C)c1ccc(N(c2ccc(C(C)(C)C)cc2-c2ccccc2)c2ccc3c4cc5c(cc4n4c6ccc(C(C)(C)C)cc6c2c34)c2ccc(N(c3ccc(C(C)(C)C)cc3)c3ccc(C(C)(C)C)cc3-c3ccccc3)c3c4cc(C(C)(C)C)ccc4n5c23)cc1. The average molecular weight is 1230 g/mol. The van der Waals surface area contributed by atoms with Crippen LogP contribution in [0, 0.1) is 0 Å². The van der Waals surface area contributed by atoms with Gasteiger partial charge in [0.05, 0.1) is 55.8 Å². The molecule has 0 atom stereocenters. The number of anilines is 6. The number of aromatic nitrogens is 2. The van der Waals surface area contributed by atoms with E-state index in [1.165, 1.54) is 132 Å². The first-order chi connectivity index (χ1) is 44.4. The normalized spacial score (nSPS) is 13.2. The molecule has 4 nitrogen and oxygen atoms in total. The third-order valence-electron chi connectivity index (χ3n) is 20.5. The second-order valence-electron chi connectivity index (χ2n) is 33.2. The van der Waals surface area contributed by atoms with Gasteiger partial charge in [-0.15, -0.1) is 0 Å². The van der Waals surface area contributed by atoms with Crippen molar-refractivity contribution >= 4 is 110 Å². The maximum absolute atomic E-state index is 2.62. The van der Waals surface area contributed by atoms with E-state index >= 15 is 0 Å². The van der Waals surface area contributed by atoms with E-state index in [1.807, 2.05) is 0 Å². The maximum atomic E-state index is 2.62. The summed E-state index contributed by atoms with van der Waals surface area (Å²) in [6.07, 6.45) is 0. The van der Waals surface area contributed by atoms with Crippen LogP contribution in [-0.4, -0.2) is 8.80 Å². The molecule has 15 aromatic rings. The van der Waals surface area contributed by atoms with Gasteiger partial charge in [-0.1, -0.05) is 246 Å². The van der Waals surface area contributed by atoms with E-state index in [-0.39, 0.29) is 32.5 Å². The summed E-state index contributed by atoms with van der Waals surface area (Å²) >= 11 is 0. The summed E-state index contributed by atoms with van der Waals surface area (Å²) in [6, 6.07) is 84.7. The molecule has 0 radical (unpaired) electrons. The molecule has 470 valence electrons. The van der Waals surface area contributed by atoms with E-state index < -0.39 is 0 Å². The fourth-order valence-electron chi connectivity index (χ4n) is 15.0. The van der Waals surface area contributed by atoms with Crippen molar-refractivity contribution in [2.45, 2.75) is 157 Å². The van der Waals surface area contributed by atoms with Crippen molar-refractivity contribution in [3.63, 3.8) is 0 Å². The number of fused-ring (bicyclic) bond motifs is 12. The summed E-state index contributed by atoms with van der Waals surface area (Å²) in [5.41, 5.74) is 26.5. The molecule has 4 heteroatoms. The third-order valence-corrected chi connectivity index (χ3v) is 20.5. The zero-order valence-corrected chi connectivity index (χ0v) is 58.6. The highest BCUT2D eigenvalue weighted by atomic mass is 15.2. The van der Waals surface area contributed by atoms with Crippen LogP contribution in [0.15, 0.2) is 218 Å². The highest BCUT2D eigenvalue weighted by molar-refractivity contribution is 6.32. The molecule has 0 saturated carbocycles. The molecule has 0 aliphatic carbocycles. The smallest absolute Gasteiger partial charge is 0.0641 e. The van der Waals surface area contributed by atoms with Crippen LogP contribution in [0.25, 0.3) is 98.4 Å². The lowest BCUT2D eigenvalue weighted by Crippen LogP contribution is -2.16. The van der Waals surface area contributed by atoms with Gasteiger partial charge in [0.25, 0.3) is 0 Å². The van der Waals surface area contributed by atoms with Crippen LogP contribution < -0.4 is 9.80 Å². The Labute approximate surface area is 556 Å². The Hall–Kier alpha value is -9.38. The van der Waals surface area contributed by atoms with Crippen LogP contribution in [0.2, 0.25) is 0 Å². The van der Waals surface area contributed by atoms with Crippen molar-refractivity contribution < 1.29 is 0 Å². The first kappa shape index (κ1) is 60.8. The van der Waals surface area contributed by atoms with Gasteiger partial charge < -0.3 is 18.6 Å². The zero-order valence-electron chi connectivity index (χ0n) is 58.6. The molecular weight excluding hydrogens is 1140 g/mol. The molecule has 0 amide bonds. The minimum atomic E-state index is -0.0825. The lowest BCUT2D eigenvalue weighted by atomic mass is 9.84. The maximum Gasteiger partial charge on any atom is 0.0641 e. The predicted molar refractivity (Wildman–Crippen MR) is 408 cm³/mol. The summed E-state index contributed by atoms with van der Waals surface area (Å²) in [4.78, 5) is 5.15. The van der Waals surface area contributed by atoms with Crippen molar-refractivity contribution in [1.29, 1.82) is 0 Å². The van der Waals surface area contributed by atoms with Gasteiger partial charge >= 0.3 is 0 Å². The number of hydrogen-bond donors (Lipinski definition) is 0. The first-order valence-electron chi connectivity index (χ1n) is 34.1. The lowest BCUT2D eigenvalue weighted by Gasteiger charge is -2.31. The largest absolute Gasteiger partial charge is 0.309 e. The standard InChI is InChI=1S/C90H90N4/c1-85(2,3)57-29-37-63(38-30-57)91(73-43-33-59(87(7,8)9)49-67(73)55-25-21-19-22-26-55)77-47-41-65-69-53-80-70(54-79(69)93-75-45-35-61(89(13,14)15)51-71(75)81(77)83(65)93)66-42-48-78(82-72-52-62(90(16,17)18)36-46-76(72)94(80)84(66)82)92(64-39-31-58(32-40-64)86(4,5)6)74-44-34-60(88(10,11)12)50-68(74)56-27-23-20-24-28-56/h19-54H,1-18H3. The fourth-order valence-corrected chi connectivity index (χ4v) is 15.0. The van der Waals surface area contributed by atoms with Crippen molar-refractivity contribution in [2.75, 3.05) is 9.80 Å². The van der Waals surface area contributed by atoms with Gasteiger partial charge in [-0.05, 0) is 174 Å². The van der Waals surface area contributed by atoms with Gasteiger partial charge in [0.15, 0.2) is 0 Å². The molecule has 11 aromatic carbocycles. The Kier molecular flexibility index (Phi) is 13.6. The Morgan fingerprint density at radius 2 is 0.532 bits per heavy atom. The molecule has 94 heavy (non-hydrogen) atoms. The van der Waals surface area contributed by atoms with Crippen LogP contribution in [-0.2, 0) is 32.5 Å². The number of nitrogens with zero attached hydrogens (tertiary/aromatic N) is 4. The molecule has 0 unspecified atom stereocenters. The summed E-state index contributed by atoms with van der Waals surface area (Å²) in [5.74, 6) is 0. The van der Waals surface area contributed by atoms with Gasteiger partial charge in [-0.2, -0.15) is 0 Å². The van der Waals surface area contributed by atoms with Crippen LogP contribution >= 0.6 is 0 Å². The molecule has 0 saturated heterocycles. The van der Waals surface area contributed by atoms with Gasteiger partial charge in [0.2, 0.25) is 0 Å². The lowest BCUT2D eigenvalue weighted by molar-refractivity contribution is 0.590. The quantitative estimate of drug-likeness (QED) is 0.151. The van der Waals surface area contributed by atoms with Gasteiger partial charge in [-0.3, -0.25) is 0 Å². The highest BCUT2D eigenvalue weighted by Gasteiger charge is 2.32. The molecule has 4 aromatic heterocycles. The van der Waals surface area contributed by atoms with E-state index in [4.69, 9.17) is 0 Å². The molecule has 0 aliphatic heterocycles. The van der Waals surface area contributed by atoms with Gasteiger partial charge in [0, 0.05) is 65.6 Å². The zero-order chi connectivity index (χ0) is 66.1. The predicted octanol–water partition coefficient (Wildman–Crippen LogP) is 26.0. The average Bonchev–Trinajstić information content (AvgIpc) is 1.51. The van der Waals surface area contributed by atoms with Crippen molar-refractivity contribution in [1.82, 2.24) is 8.80 Å². The Morgan fingerprint density at radius 1 is 0.234 bits per heavy atom. The fraction of sp³-hybridized carbons (Fsp3) is 0.267. The molecule has 0 bridgehead atoms.